The van der Waals surface area contributed by atoms with Crippen LogP contribution in [0.3, 0.4) is 0 Å². The highest BCUT2D eigenvalue weighted by molar-refractivity contribution is 5.86. The van der Waals surface area contributed by atoms with Crippen LogP contribution in [0.5, 0.6) is 0 Å². The van der Waals surface area contributed by atoms with Gasteiger partial charge in [-0.2, -0.15) is 0 Å². The highest BCUT2D eigenvalue weighted by atomic mass is 16.2. The van der Waals surface area contributed by atoms with Crippen LogP contribution in [0.25, 0.3) is 0 Å². The summed E-state index contributed by atoms with van der Waals surface area (Å²) < 4.78 is 0. The van der Waals surface area contributed by atoms with E-state index in [0.717, 1.165) is 19.3 Å². The summed E-state index contributed by atoms with van der Waals surface area (Å²) in [6.07, 6.45) is 2.95. The van der Waals surface area contributed by atoms with Gasteiger partial charge in [-0.15, -0.1) is 0 Å². The molecule has 0 aromatic rings. The molecule has 1 aliphatic carbocycles. The molecule has 5 heteroatoms. The van der Waals surface area contributed by atoms with Crippen molar-refractivity contribution < 1.29 is 9.59 Å². The summed E-state index contributed by atoms with van der Waals surface area (Å²) in [6, 6.07) is 0. The predicted octanol–water partition coefficient (Wildman–Crippen LogP) is 0.392. The SMILES string of the molecule is CC(C)(C)NC(=O)CNC(=O)C1CCCC1CN. The van der Waals surface area contributed by atoms with E-state index in [1.807, 2.05) is 20.8 Å². The molecule has 1 fully saturated rings. The monoisotopic (exact) mass is 255 g/mol. The van der Waals surface area contributed by atoms with Gasteiger partial charge in [-0.25, -0.2) is 0 Å². The van der Waals surface area contributed by atoms with Crippen LogP contribution in [0.4, 0.5) is 0 Å². The van der Waals surface area contributed by atoms with E-state index in [0.29, 0.717) is 6.54 Å². The van der Waals surface area contributed by atoms with Crippen molar-refractivity contribution >= 4 is 11.8 Å². The Labute approximate surface area is 109 Å². The fraction of sp³-hybridized carbons (Fsp3) is 0.846. The Hall–Kier alpha value is -1.10. The van der Waals surface area contributed by atoms with Crippen molar-refractivity contribution in [1.82, 2.24) is 10.6 Å². The van der Waals surface area contributed by atoms with Crippen LogP contribution in [0, 0.1) is 11.8 Å². The van der Waals surface area contributed by atoms with Gasteiger partial charge in [0, 0.05) is 11.5 Å². The van der Waals surface area contributed by atoms with Crippen molar-refractivity contribution in [3.05, 3.63) is 0 Å². The van der Waals surface area contributed by atoms with Crippen LogP contribution < -0.4 is 16.4 Å². The summed E-state index contributed by atoms with van der Waals surface area (Å²) >= 11 is 0. The molecule has 0 aromatic heterocycles. The Morgan fingerprint density at radius 3 is 2.50 bits per heavy atom. The molecule has 0 aromatic carbocycles. The minimum Gasteiger partial charge on any atom is -0.350 e. The van der Waals surface area contributed by atoms with E-state index in [1.54, 1.807) is 0 Å². The maximum Gasteiger partial charge on any atom is 0.239 e. The van der Waals surface area contributed by atoms with E-state index in [1.165, 1.54) is 0 Å². The Bertz CT molecular complexity index is 310. The third-order valence-corrected chi connectivity index (χ3v) is 3.24. The van der Waals surface area contributed by atoms with E-state index in [9.17, 15) is 9.59 Å². The Balaban J connectivity index is 2.35. The van der Waals surface area contributed by atoms with Crippen molar-refractivity contribution in [2.45, 2.75) is 45.6 Å². The second kappa shape index (κ2) is 6.18. The molecule has 1 saturated carbocycles. The average molecular weight is 255 g/mol. The van der Waals surface area contributed by atoms with E-state index in [2.05, 4.69) is 10.6 Å². The minimum atomic E-state index is -0.269. The van der Waals surface area contributed by atoms with Gasteiger partial charge in [0.25, 0.3) is 0 Å². The second-order valence-electron chi connectivity index (χ2n) is 6.05. The highest BCUT2D eigenvalue weighted by Crippen LogP contribution is 2.30. The van der Waals surface area contributed by atoms with Crippen LogP contribution in [0.15, 0.2) is 0 Å². The second-order valence-corrected chi connectivity index (χ2v) is 6.05. The molecule has 2 unspecified atom stereocenters. The molecular weight excluding hydrogens is 230 g/mol. The fourth-order valence-corrected chi connectivity index (χ4v) is 2.43. The molecule has 0 aliphatic heterocycles. The molecule has 0 heterocycles. The number of carbonyl (C=O) groups is 2. The zero-order valence-electron chi connectivity index (χ0n) is 11.6. The summed E-state index contributed by atoms with van der Waals surface area (Å²) in [5.41, 5.74) is 5.37. The third kappa shape index (κ3) is 4.64. The quantitative estimate of drug-likeness (QED) is 0.679. The Morgan fingerprint density at radius 2 is 1.94 bits per heavy atom. The molecule has 2 amide bonds. The summed E-state index contributed by atoms with van der Waals surface area (Å²) in [6.45, 7) is 6.33. The lowest BCUT2D eigenvalue weighted by Crippen LogP contribution is -2.47. The van der Waals surface area contributed by atoms with Crippen molar-refractivity contribution in [2.24, 2.45) is 17.6 Å². The standard InChI is InChI=1S/C13H25N3O2/c1-13(2,3)16-11(17)8-15-12(18)10-6-4-5-9(10)7-14/h9-10H,4-8,14H2,1-3H3,(H,15,18)(H,16,17). The molecule has 18 heavy (non-hydrogen) atoms. The first-order chi connectivity index (χ1) is 8.33. The maximum atomic E-state index is 11.9. The summed E-state index contributed by atoms with van der Waals surface area (Å²) in [4.78, 5) is 23.5. The zero-order valence-corrected chi connectivity index (χ0v) is 11.6. The van der Waals surface area contributed by atoms with Crippen molar-refractivity contribution in [1.29, 1.82) is 0 Å². The molecule has 5 nitrogen and oxygen atoms in total. The molecule has 104 valence electrons. The van der Waals surface area contributed by atoms with Gasteiger partial charge < -0.3 is 16.4 Å². The molecule has 1 rings (SSSR count). The van der Waals surface area contributed by atoms with Gasteiger partial charge >= 0.3 is 0 Å². The number of amides is 2. The first kappa shape index (κ1) is 15.0. The van der Waals surface area contributed by atoms with Crippen molar-refractivity contribution in [2.75, 3.05) is 13.1 Å². The number of hydrogen-bond donors (Lipinski definition) is 3. The van der Waals surface area contributed by atoms with Crippen LogP contribution >= 0.6 is 0 Å². The topological polar surface area (TPSA) is 84.2 Å². The van der Waals surface area contributed by atoms with Crippen molar-refractivity contribution in [3.8, 4) is 0 Å². The van der Waals surface area contributed by atoms with Gasteiger partial charge in [0.15, 0.2) is 0 Å². The van der Waals surface area contributed by atoms with Gasteiger partial charge in [-0.1, -0.05) is 6.42 Å². The van der Waals surface area contributed by atoms with Gasteiger partial charge in [0.1, 0.15) is 0 Å². The normalized spacial score (nSPS) is 23.8. The smallest absolute Gasteiger partial charge is 0.239 e. The van der Waals surface area contributed by atoms with Gasteiger partial charge in [-0.3, -0.25) is 9.59 Å². The first-order valence-corrected chi connectivity index (χ1v) is 6.62. The molecule has 0 bridgehead atoms. The fourth-order valence-electron chi connectivity index (χ4n) is 2.43. The number of carbonyl (C=O) groups excluding carboxylic acids is 2. The van der Waals surface area contributed by atoms with Gasteiger partial charge in [0.2, 0.25) is 11.8 Å². The minimum absolute atomic E-state index is 0.0163. The number of nitrogens with one attached hydrogen (secondary N) is 2. The maximum absolute atomic E-state index is 11.9. The molecule has 0 saturated heterocycles. The highest BCUT2D eigenvalue weighted by Gasteiger charge is 2.31. The van der Waals surface area contributed by atoms with E-state index in [-0.39, 0.29) is 35.7 Å². The van der Waals surface area contributed by atoms with E-state index >= 15 is 0 Å². The molecule has 0 radical (unpaired) electrons. The molecular formula is C13H25N3O2. The molecule has 2 atom stereocenters. The zero-order chi connectivity index (χ0) is 13.8. The summed E-state index contributed by atoms with van der Waals surface area (Å²) in [5, 5.41) is 5.52. The number of hydrogen-bond acceptors (Lipinski definition) is 3. The Morgan fingerprint density at radius 1 is 1.28 bits per heavy atom. The number of nitrogens with two attached hydrogens (primary N) is 1. The van der Waals surface area contributed by atoms with Crippen LogP contribution in [0.1, 0.15) is 40.0 Å². The first-order valence-electron chi connectivity index (χ1n) is 6.62. The number of rotatable bonds is 4. The van der Waals surface area contributed by atoms with E-state index < -0.39 is 0 Å². The van der Waals surface area contributed by atoms with Crippen LogP contribution in [0.2, 0.25) is 0 Å². The van der Waals surface area contributed by atoms with Gasteiger partial charge in [0.05, 0.1) is 6.54 Å². The van der Waals surface area contributed by atoms with E-state index in [4.69, 9.17) is 5.73 Å². The third-order valence-electron chi connectivity index (χ3n) is 3.24. The van der Waals surface area contributed by atoms with Gasteiger partial charge in [-0.05, 0) is 46.1 Å². The summed E-state index contributed by atoms with van der Waals surface area (Å²) in [5.74, 6) is 0.0678. The molecule has 4 N–H and O–H groups in total. The van der Waals surface area contributed by atoms with Crippen LogP contribution in [-0.2, 0) is 9.59 Å². The lowest BCUT2D eigenvalue weighted by atomic mass is 9.95. The summed E-state index contributed by atoms with van der Waals surface area (Å²) in [7, 11) is 0. The lowest BCUT2D eigenvalue weighted by molar-refractivity contribution is -0.129. The predicted molar refractivity (Wildman–Crippen MR) is 70.8 cm³/mol. The average Bonchev–Trinajstić information content (AvgIpc) is 2.71. The molecule has 1 aliphatic rings. The largest absolute Gasteiger partial charge is 0.350 e. The lowest BCUT2D eigenvalue weighted by Gasteiger charge is -2.21. The molecule has 0 spiro atoms. The Kier molecular flexibility index (Phi) is 5.14. The van der Waals surface area contributed by atoms with Crippen LogP contribution in [-0.4, -0.2) is 30.4 Å². The van der Waals surface area contributed by atoms with Crippen molar-refractivity contribution in [3.63, 3.8) is 0 Å².